The SMILES string of the molecule is CCc1c(C)cc2nc(CC(C)C)sc2c1-c1ccccc1. The molecule has 0 aliphatic heterocycles. The number of hydrogen-bond donors (Lipinski definition) is 0. The summed E-state index contributed by atoms with van der Waals surface area (Å²) in [6.07, 6.45) is 2.12. The summed E-state index contributed by atoms with van der Waals surface area (Å²) < 4.78 is 1.35. The number of thiazole rings is 1. The summed E-state index contributed by atoms with van der Waals surface area (Å²) in [5.74, 6) is 0.646. The zero-order valence-corrected chi connectivity index (χ0v) is 14.6. The topological polar surface area (TPSA) is 12.9 Å². The summed E-state index contributed by atoms with van der Waals surface area (Å²) in [7, 11) is 0. The van der Waals surface area contributed by atoms with Crippen LogP contribution in [0.2, 0.25) is 0 Å². The molecule has 0 aliphatic carbocycles. The molecule has 1 nitrogen and oxygen atoms in total. The van der Waals surface area contributed by atoms with Crippen LogP contribution in [0.3, 0.4) is 0 Å². The quantitative estimate of drug-likeness (QED) is 0.573. The van der Waals surface area contributed by atoms with Gasteiger partial charge in [0.1, 0.15) is 0 Å². The van der Waals surface area contributed by atoms with Gasteiger partial charge in [0.25, 0.3) is 0 Å². The predicted molar refractivity (Wildman–Crippen MR) is 97.7 cm³/mol. The second-order valence-corrected chi connectivity index (χ2v) is 7.40. The van der Waals surface area contributed by atoms with Gasteiger partial charge in [-0.1, -0.05) is 51.1 Å². The van der Waals surface area contributed by atoms with Crippen molar-refractivity contribution in [3.63, 3.8) is 0 Å². The molecule has 0 bridgehead atoms. The fourth-order valence-corrected chi connectivity index (χ4v) is 4.43. The van der Waals surface area contributed by atoms with E-state index in [0.29, 0.717) is 5.92 Å². The summed E-state index contributed by atoms with van der Waals surface area (Å²) in [6.45, 7) is 8.97. The molecule has 0 N–H and O–H groups in total. The van der Waals surface area contributed by atoms with Gasteiger partial charge >= 0.3 is 0 Å². The molecule has 0 saturated carbocycles. The Labute approximate surface area is 137 Å². The molecule has 1 heterocycles. The summed E-state index contributed by atoms with van der Waals surface area (Å²) in [5, 5.41) is 1.26. The van der Waals surface area contributed by atoms with Crippen molar-refractivity contribution in [1.29, 1.82) is 0 Å². The van der Waals surface area contributed by atoms with Gasteiger partial charge in [0, 0.05) is 12.0 Å². The Balaban J connectivity index is 2.28. The zero-order valence-electron chi connectivity index (χ0n) is 13.8. The smallest absolute Gasteiger partial charge is 0.0941 e. The molecule has 0 unspecified atom stereocenters. The molecule has 0 saturated heterocycles. The first-order valence-electron chi connectivity index (χ1n) is 8.07. The highest BCUT2D eigenvalue weighted by molar-refractivity contribution is 7.19. The first-order valence-corrected chi connectivity index (χ1v) is 8.89. The molecule has 0 atom stereocenters. The van der Waals surface area contributed by atoms with E-state index < -0.39 is 0 Å². The van der Waals surface area contributed by atoms with Crippen LogP contribution in [0.4, 0.5) is 0 Å². The van der Waals surface area contributed by atoms with E-state index in [0.717, 1.165) is 18.4 Å². The van der Waals surface area contributed by atoms with E-state index in [-0.39, 0.29) is 0 Å². The lowest BCUT2D eigenvalue weighted by molar-refractivity contribution is 0.645. The number of fused-ring (bicyclic) bond motifs is 1. The van der Waals surface area contributed by atoms with Gasteiger partial charge in [-0.2, -0.15) is 0 Å². The molecule has 114 valence electrons. The standard InChI is InChI=1S/C20H23NS/c1-5-16-14(4)12-17-20(22-18(21-17)11-13(2)3)19(16)15-9-7-6-8-10-15/h6-10,12-13H,5,11H2,1-4H3. The maximum absolute atomic E-state index is 4.89. The van der Waals surface area contributed by atoms with E-state index in [4.69, 9.17) is 4.98 Å². The lowest BCUT2D eigenvalue weighted by atomic mass is 9.94. The Morgan fingerprint density at radius 1 is 1.14 bits per heavy atom. The Kier molecular flexibility index (Phi) is 4.30. The molecule has 0 spiro atoms. The van der Waals surface area contributed by atoms with Gasteiger partial charge in [0.05, 0.1) is 15.2 Å². The van der Waals surface area contributed by atoms with E-state index in [9.17, 15) is 0 Å². The van der Waals surface area contributed by atoms with E-state index in [1.54, 1.807) is 0 Å². The van der Waals surface area contributed by atoms with Gasteiger partial charge in [0.2, 0.25) is 0 Å². The highest BCUT2D eigenvalue weighted by Gasteiger charge is 2.16. The van der Waals surface area contributed by atoms with Crippen molar-refractivity contribution < 1.29 is 0 Å². The lowest BCUT2D eigenvalue weighted by Crippen LogP contribution is -1.93. The van der Waals surface area contributed by atoms with Crippen LogP contribution < -0.4 is 0 Å². The summed E-state index contributed by atoms with van der Waals surface area (Å²) in [5.41, 5.74) is 6.68. The molecule has 2 heteroatoms. The van der Waals surface area contributed by atoms with Crippen molar-refractivity contribution in [3.05, 3.63) is 52.5 Å². The maximum Gasteiger partial charge on any atom is 0.0941 e. The number of benzene rings is 2. The van der Waals surface area contributed by atoms with Crippen LogP contribution in [0.25, 0.3) is 21.3 Å². The van der Waals surface area contributed by atoms with Crippen molar-refractivity contribution in [2.24, 2.45) is 5.92 Å². The van der Waals surface area contributed by atoms with Gasteiger partial charge in [-0.15, -0.1) is 11.3 Å². The number of hydrogen-bond acceptors (Lipinski definition) is 2. The molecular formula is C20H23NS. The third kappa shape index (κ3) is 2.80. The first kappa shape index (κ1) is 15.2. The molecule has 1 aromatic heterocycles. The normalized spacial score (nSPS) is 11.5. The van der Waals surface area contributed by atoms with Crippen molar-refractivity contribution in [2.45, 2.75) is 40.5 Å². The third-order valence-electron chi connectivity index (χ3n) is 4.05. The average Bonchev–Trinajstić information content (AvgIpc) is 2.87. The number of rotatable bonds is 4. The largest absolute Gasteiger partial charge is 0.241 e. The van der Waals surface area contributed by atoms with Crippen LogP contribution in [-0.2, 0) is 12.8 Å². The minimum Gasteiger partial charge on any atom is -0.241 e. The lowest BCUT2D eigenvalue weighted by Gasteiger charge is -2.12. The van der Waals surface area contributed by atoms with Gasteiger partial charge in [-0.3, -0.25) is 0 Å². The summed E-state index contributed by atoms with van der Waals surface area (Å²) in [4.78, 5) is 4.89. The fraction of sp³-hybridized carbons (Fsp3) is 0.350. The fourth-order valence-electron chi connectivity index (χ4n) is 3.08. The zero-order chi connectivity index (χ0) is 15.7. The van der Waals surface area contributed by atoms with E-state index in [1.807, 2.05) is 11.3 Å². The Bertz CT molecular complexity index is 784. The van der Waals surface area contributed by atoms with Gasteiger partial charge in [0.15, 0.2) is 0 Å². The van der Waals surface area contributed by atoms with Crippen LogP contribution in [0.15, 0.2) is 36.4 Å². The number of nitrogens with zero attached hydrogens (tertiary/aromatic N) is 1. The Hall–Kier alpha value is -1.67. The highest BCUT2D eigenvalue weighted by Crippen LogP contribution is 2.38. The van der Waals surface area contributed by atoms with Crippen LogP contribution in [0.5, 0.6) is 0 Å². The molecule has 3 aromatic rings. The van der Waals surface area contributed by atoms with Crippen molar-refractivity contribution >= 4 is 21.6 Å². The number of aromatic nitrogens is 1. The minimum absolute atomic E-state index is 0.646. The van der Waals surface area contributed by atoms with Crippen LogP contribution in [0, 0.1) is 12.8 Å². The highest BCUT2D eigenvalue weighted by atomic mass is 32.1. The van der Waals surface area contributed by atoms with E-state index >= 15 is 0 Å². The maximum atomic E-state index is 4.89. The summed E-state index contributed by atoms with van der Waals surface area (Å²) in [6, 6.07) is 13.0. The molecule has 22 heavy (non-hydrogen) atoms. The average molecular weight is 309 g/mol. The van der Waals surface area contributed by atoms with E-state index in [1.165, 1.54) is 32.0 Å². The van der Waals surface area contributed by atoms with Crippen LogP contribution in [0.1, 0.15) is 36.9 Å². The predicted octanol–water partition coefficient (Wildman–Crippen LogP) is 6.03. The van der Waals surface area contributed by atoms with Crippen molar-refractivity contribution in [1.82, 2.24) is 4.98 Å². The molecule has 3 rings (SSSR count). The Morgan fingerprint density at radius 3 is 2.50 bits per heavy atom. The molecule has 0 amide bonds. The minimum atomic E-state index is 0.646. The molecule has 0 aliphatic rings. The second kappa shape index (κ2) is 6.21. The van der Waals surface area contributed by atoms with Crippen LogP contribution in [-0.4, -0.2) is 4.98 Å². The van der Waals surface area contributed by atoms with Crippen molar-refractivity contribution in [2.75, 3.05) is 0 Å². The van der Waals surface area contributed by atoms with Crippen molar-refractivity contribution in [3.8, 4) is 11.1 Å². The summed E-state index contributed by atoms with van der Waals surface area (Å²) >= 11 is 1.87. The van der Waals surface area contributed by atoms with Gasteiger partial charge in [-0.25, -0.2) is 4.98 Å². The number of aryl methyl sites for hydroxylation is 1. The van der Waals surface area contributed by atoms with Crippen LogP contribution >= 0.6 is 11.3 Å². The molecule has 0 radical (unpaired) electrons. The van der Waals surface area contributed by atoms with Gasteiger partial charge in [-0.05, 0) is 42.0 Å². The molecule has 2 aromatic carbocycles. The Morgan fingerprint density at radius 2 is 1.86 bits per heavy atom. The van der Waals surface area contributed by atoms with E-state index in [2.05, 4.69) is 64.1 Å². The van der Waals surface area contributed by atoms with Gasteiger partial charge < -0.3 is 0 Å². The first-order chi connectivity index (χ1) is 10.6. The molecular weight excluding hydrogens is 286 g/mol. The third-order valence-corrected chi connectivity index (χ3v) is 5.17. The second-order valence-electron chi connectivity index (χ2n) is 6.32. The monoisotopic (exact) mass is 309 g/mol. The molecule has 0 fully saturated rings.